The van der Waals surface area contributed by atoms with Crippen molar-refractivity contribution in [2.75, 3.05) is 0 Å². The van der Waals surface area contributed by atoms with Crippen molar-refractivity contribution in [3.05, 3.63) is 78.8 Å². The fraction of sp³-hybridized carbons (Fsp3) is 0. The standard InChI is InChI=1S/C14H9ClN4O4/c15-13-6-3-11(7-14(13)19(22)23)9-17-16-8-10-1-4-12(5-2-10)18(20)21/h1-9H/b16-8-,17-9-. The predicted molar refractivity (Wildman–Crippen MR) is 86.4 cm³/mol. The van der Waals surface area contributed by atoms with Crippen LogP contribution < -0.4 is 0 Å². The summed E-state index contributed by atoms with van der Waals surface area (Å²) in [6.45, 7) is 0. The zero-order valence-electron chi connectivity index (χ0n) is 11.5. The van der Waals surface area contributed by atoms with Gasteiger partial charge in [0.05, 0.1) is 22.3 Å². The summed E-state index contributed by atoms with van der Waals surface area (Å²) < 4.78 is 0. The SMILES string of the molecule is O=[N+]([O-])c1ccc(/C=N\N=C/c2ccc(Cl)c([N+](=O)[O-])c2)cc1. The van der Waals surface area contributed by atoms with E-state index in [-0.39, 0.29) is 16.4 Å². The molecule has 0 aliphatic carbocycles. The lowest BCUT2D eigenvalue weighted by atomic mass is 10.2. The van der Waals surface area contributed by atoms with Crippen molar-refractivity contribution in [3.63, 3.8) is 0 Å². The van der Waals surface area contributed by atoms with Crippen LogP contribution in [0.5, 0.6) is 0 Å². The van der Waals surface area contributed by atoms with Crippen LogP contribution in [0, 0.1) is 20.2 Å². The lowest BCUT2D eigenvalue weighted by Crippen LogP contribution is -1.91. The molecule has 0 atom stereocenters. The largest absolute Gasteiger partial charge is 0.288 e. The number of hydrogen-bond donors (Lipinski definition) is 0. The topological polar surface area (TPSA) is 111 Å². The van der Waals surface area contributed by atoms with Gasteiger partial charge in [-0.2, -0.15) is 10.2 Å². The van der Waals surface area contributed by atoms with E-state index in [9.17, 15) is 20.2 Å². The normalized spacial score (nSPS) is 11.2. The molecule has 0 unspecified atom stereocenters. The first-order valence-electron chi connectivity index (χ1n) is 6.22. The predicted octanol–water partition coefficient (Wildman–Crippen LogP) is 3.61. The minimum atomic E-state index is -0.584. The van der Waals surface area contributed by atoms with Crippen LogP contribution in [0.1, 0.15) is 11.1 Å². The van der Waals surface area contributed by atoms with E-state index in [1.807, 2.05) is 0 Å². The van der Waals surface area contributed by atoms with Gasteiger partial charge in [0.15, 0.2) is 0 Å². The van der Waals surface area contributed by atoms with Gasteiger partial charge in [0, 0.05) is 23.8 Å². The molecule has 0 spiro atoms. The van der Waals surface area contributed by atoms with E-state index >= 15 is 0 Å². The number of hydrogen-bond acceptors (Lipinski definition) is 6. The molecule has 0 saturated carbocycles. The molecule has 0 heterocycles. The molecule has 0 amide bonds. The Morgan fingerprint density at radius 3 is 2.00 bits per heavy atom. The van der Waals surface area contributed by atoms with Crippen molar-refractivity contribution in [1.29, 1.82) is 0 Å². The first-order valence-corrected chi connectivity index (χ1v) is 6.60. The molecule has 0 radical (unpaired) electrons. The summed E-state index contributed by atoms with van der Waals surface area (Å²) in [4.78, 5) is 20.2. The molecular formula is C14H9ClN4O4. The van der Waals surface area contributed by atoms with Crippen molar-refractivity contribution in [1.82, 2.24) is 0 Å². The summed E-state index contributed by atoms with van der Waals surface area (Å²) in [5, 5.41) is 28.9. The molecule has 2 aromatic rings. The number of nitrogens with zero attached hydrogens (tertiary/aromatic N) is 4. The van der Waals surface area contributed by atoms with E-state index < -0.39 is 9.85 Å². The quantitative estimate of drug-likeness (QED) is 0.473. The number of benzene rings is 2. The molecule has 2 rings (SSSR count). The Labute approximate surface area is 135 Å². The van der Waals surface area contributed by atoms with E-state index in [2.05, 4.69) is 10.2 Å². The Bertz CT molecular complexity index is 803. The Morgan fingerprint density at radius 1 is 0.870 bits per heavy atom. The lowest BCUT2D eigenvalue weighted by Gasteiger charge is -1.96. The van der Waals surface area contributed by atoms with Crippen molar-refractivity contribution in [2.24, 2.45) is 10.2 Å². The zero-order chi connectivity index (χ0) is 16.8. The van der Waals surface area contributed by atoms with Gasteiger partial charge in [0.1, 0.15) is 5.02 Å². The summed E-state index contributed by atoms with van der Waals surface area (Å²) in [6, 6.07) is 10.0. The van der Waals surface area contributed by atoms with Crippen LogP contribution in [0.15, 0.2) is 52.7 Å². The molecule has 0 fully saturated rings. The van der Waals surface area contributed by atoms with Crippen molar-refractivity contribution in [3.8, 4) is 0 Å². The van der Waals surface area contributed by atoms with Crippen molar-refractivity contribution < 1.29 is 9.85 Å². The fourth-order valence-electron chi connectivity index (χ4n) is 1.63. The maximum atomic E-state index is 10.8. The molecule has 23 heavy (non-hydrogen) atoms. The first kappa shape index (κ1) is 16.2. The highest BCUT2D eigenvalue weighted by molar-refractivity contribution is 6.32. The van der Waals surface area contributed by atoms with Crippen LogP contribution in [-0.4, -0.2) is 22.3 Å². The average Bonchev–Trinajstić information content (AvgIpc) is 2.53. The Balaban J connectivity index is 2.07. The summed E-state index contributed by atoms with van der Waals surface area (Å²) in [5.41, 5.74) is 0.880. The summed E-state index contributed by atoms with van der Waals surface area (Å²) in [5.74, 6) is 0. The van der Waals surface area contributed by atoms with Crippen LogP contribution in [0.2, 0.25) is 5.02 Å². The second-order valence-electron chi connectivity index (χ2n) is 4.31. The van der Waals surface area contributed by atoms with Crippen LogP contribution in [0.25, 0.3) is 0 Å². The van der Waals surface area contributed by atoms with Gasteiger partial charge in [-0.05, 0) is 23.8 Å². The molecule has 9 heteroatoms. The first-order chi connectivity index (χ1) is 11.0. The number of nitro groups is 2. The highest BCUT2D eigenvalue weighted by Gasteiger charge is 2.11. The molecule has 0 aliphatic rings. The smallest absolute Gasteiger partial charge is 0.258 e. The molecule has 0 saturated heterocycles. The van der Waals surface area contributed by atoms with Gasteiger partial charge in [-0.3, -0.25) is 20.2 Å². The third-order valence-corrected chi connectivity index (χ3v) is 3.07. The van der Waals surface area contributed by atoms with E-state index in [0.29, 0.717) is 11.1 Å². The average molecular weight is 333 g/mol. The molecule has 0 aliphatic heterocycles. The van der Waals surface area contributed by atoms with Crippen LogP contribution in [0.3, 0.4) is 0 Å². The summed E-state index contributed by atoms with van der Waals surface area (Å²) in [7, 11) is 0. The van der Waals surface area contributed by atoms with Crippen molar-refractivity contribution >= 4 is 35.4 Å². The summed E-state index contributed by atoms with van der Waals surface area (Å²) >= 11 is 5.70. The zero-order valence-corrected chi connectivity index (χ0v) is 12.3. The molecular weight excluding hydrogens is 324 g/mol. The number of nitro benzene ring substituents is 2. The molecule has 2 aromatic carbocycles. The molecule has 8 nitrogen and oxygen atoms in total. The van der Waals surface area contributed by atoms with Gasteiger partial charge in [0.2, 0.25) is 0 Å². The Kier molecular flexibility index (Phi) is 5.11. The van der Waals surface area contributed by atoms with Gasteiger partial charge in [-0.1, -0.05) is 17.7 Å². The molecule has 0 N–H and O–H groups in total. The van der Waals surface area contributed by atoms with E-state index in [4.69, 9.17) is 11.6 Å². The van der Waals surface area contributed by atoms with Gasteiger partial charge >= 0.3 is 0 Å². The fourth-order valence-corrected chi connectivity index (χ4v) is 1.82. The number of halogens is 1. The van der Waals surface area contributed by atoms with E-state index in [0.717, 1.165) is 0 Å². The minimum absolute atomic E-state index is 0.0147. The minimum Gasteiger partial charge on any atom is -0.258 e. The Morgan fingerprint density at radius 2 is 1.43 bits per heavy atom. The summed E-state index contributed by atoms with van der Waals surface area (Å²) in [6.07, 6.45) is 2.75. The highest BCUT2D eigenvalue weighted by Crippen LogP contribution is 2.24. The monoisotopic (exact) mass is 332 g/mol. The van der Waals surface area contributed by atoms with Crippen LogP contribution in [0.4, 0.5) is 11.4 Å². The maximum absolute atomic E-state index is 10.8. The van der Waals surface area contributed by atoms with Gasteiger partial charge < -0.3 is 0 Å². The van der Waals surface area contributed by atoms with Gasteiger partial charge in [0.25, 0.3) is 11.4 Å². The molecule has 0 bridgehead atoms. The number of non-ortho nitro benzene ring substituents is 1. The van der Waals surface area contributed by atoms with E-state index in [1.54, 1.807) is 6.07 Å². The second kappa shape index (κ2) is 7.23. The van der Waals surface area contributed by atoms with Crippen LogP contribution >= 0.6 is 11.6 Å². The number of rotatable bonds is 5. The Hall–Kier alpha value is -3.13. The third kappa shape index (κ3) is 4.42. The lowest BCUT2D eigenvalue weighted by molar-refractivity contribution is -0.385. The molecule has 116 valence electrons. The maximum Gasteiger partial charge on any atom is 0.288 e. The van der Waals surface area contributed by atoms with E-state index in [1.165, 1.54) is 48.8 Å². The second-order valence-corrected chi connectivity index (χ2v) is 4.71. The third-order valence-electron chi connectivity index (χ3n) is 2.75. The van der Waals surface area contributed by atoms with Crippen molar-refractivity contribution in [2.45, 2.75) is 0 Å². The van der Waals surface area contributed by atoms with Gasteiger partial charge in [-0.15, -0.1) is 0 Å². The highest BCUT2D eigenvalue weighted by atomic mass is 35.5. The molecule has 0 aromatic heterocycles. The van der Waals surface area contributed by atoms with Gasteiger partial charge in [-0.25, -0.2) is 0 Å². The van der Waals surface area contributed by atoms with Crippen LogP contribution in [-0.2, 0) is 0 Å².